The number of pyridine rings is 1. The van der Waals surface area contributed by atoms with E-state index in [1.165, 1.54) is 20.3 Å². The van der Waals surface area contributed by atoms with E-state index in [4.69, 9.17) is 19.2 Å². The molecule has 4 heterocycles. The van der Waals surface area contributed by atoms with E-state index in [9.17, 15) is 4.79 Å². The summed E-state index contributed by atoms with van der Waals surface area (Å²) in [7, 11) is 4.49. The van der Waals surface area contributed by atoms with E-state index in [2.05, 4.69) is 32.1 Å². The fraction of sp³-hybridized carbons (Fsp3) is 0.448. The zero-order valence-electron chi connectivity index (χ0n) is 23.4. The van der Waals surface area contributed by atoms with E-state index in [-0.39, 0.29) is 41.1 Å². The first-order valence-corrected chi connectivity index (χ1v) is 13.6. The summed E-state index contributed by atoms with van der Waals surface area (Å²) in [6.45, 7) is 5.94. The van der Waals surface area contributed by atoms with Crippen LogP contribution < -0.4 is 25.0 Å². The van der Waals surface area contributed by atoms with Crippen LogP contribution in [0.5, 0.6) is 11.5 Å². The van der Waals surface area contributed by atoms with Crippen molar-refractivity contribution in [3.8, 4) is 22.9 Å². The number of likely N-dealkylation sites (N-methyl/N-ethyl adjacent to an activating group) is 1. The fourth-order valence-corrected chi connectivity index (χ4v) is 5.38. The van der Waals surface area contributed by atoms with Gasteiger partial charge in [0.05, 0.1) is 50.8 Å². The maximum atomic E-state index is 15.4. The van der Waals surface area contributed by atoms with E-state index >= 15 is 8.78 Å². The molecule has 3 atom stereocenters. The van der Waals surface area contributed by atoms with Crippen LogP contribution in [0.15, 0.2) is 31.0 Å². The number of ketones is 1. The van der Waals surface area contributed by atoms with E-state index in [0.29, 0.717) is 61.7 Å². The molecule has 1 aromatic carbocycles. The van der Waals surface area contributed by atoms with Gasteiger partial charge >= 0.3 is 0 Å². The number of nitrogens with zero attached hydrogens (tertiary/aromatic N) is 4. The Morgan fingerprint density at radius 3 is 2.61 bits per heavy atom. The number of allylic oxidation sites excluding steroid dienone is 1. The minimum Gasteiger partial charge on any atom is -0.494 e. The average molecular weight is 569 g/mol. The quantitative estimate of drug-likeness (QED) is 0.332. The standard InChI is InChI=1S/C29H34F2N6O4/c1-5-18(38)7-6-16-14-41-15-21(16)34-24-10-19-20(12-33-24)35-28(36-29(19)37-9-8-17(13-37)32-2)25-26(30)22(39-3)11-23(40-4)27(25)31/h5,10-12,16-17,21,32H,1,6-9,13-15H2,2-4H3,(H,33,34)/t16-,17?,21+/m0/s1. The lowest BCUT2D eigenvalue weighted by Gasteiger charge is -2.22. The fourth-order valence-electron chi connectivity index (χ4n) is 5.38. The molecule has 0 saturated carbocycles. The summed E-state index contributed by atoms with van der Waals surface area (Å²) < 4.78 is 46.8. The largest absolute Gasteiger partial charge is 0.494 e. The molecule has 2 aliphatic heterocycles. The Balaban J connectivity index is 1.56. The van der Waals surface area contributed by atoms with Crippen LogP contribution >= 0.6 is 0 Å². The second-order valence-electron chi connectivity index (χ2n) is 10.2. The lowest BCUT2D eigenvalue weighted by molar-refractivity contribution is -0.114. The summed E-state index contributed by atoms with van der Waals surface area (Å²) in [4.78, 5) is 27.6. The molecular formula is C29H34F2N6O4. The molecule has 2 fully saturated rings. The molecule has 0 radical (unpaired) electrons. The van der Waals surface area contributed by atoms with Gasteiger partial charge in [-0.15, -0.1) is 0 Å². The lowest BCUT2D eigenvalue weighted by atomic mass is 9.96. The normalized spacial score (nSPS) is 20.4. The van der Waals surface area contributed by atoms with Crippen molar-refractivity contribution in [1.29, 1.82) is 0 Å². The van der Waals surface area contributed by atoms with Gasteiger partial charge in [-0.25, -0.2) is 23.7 Å². The Morgan fingerprint density at radius 2 is 1.95 bits per heavy atom. The molecule has 2 saturated heterocycles. The number of anilines is 2. The van der Waals surface area contributed by atoms with Gasteiger partial charge in [-0.3, -0.25) is 4.79 Å². The van der Waals surface area contributed by atoms with Crippen molar-refractivity contribution in [2.24, 2.45) is 5.92 Å². The van der Waals surface area contributed by atoms with Gasteiger partial charge in [0.2, 0.25) is 0 Å². The summed E-state index contributed by atoms with van der Waals surface area (Å²) in [5, 5.41) is 7.42. The maximum absolute atomic E-state index is 15.4. The smallest absolute Gasteiger partial charge is 0.179 e. The van der Waals surface area contributed by atoms with Gasteiger partial charge < -0.3 is 29.7 Å². The highest BCUT2D eigenvalue weighted by Crippen LogP contribution is 2.38. The molecule has 2 aliphatic rings. The van der Waals surface area contributed by atoms with Gasteiger partial charge in [-0.1, -0.05) is 6.58 Å². The second-order valence-corrected chi connectivity index (χ2v) is 10.2. The van der Waals surface area contributed by atoms with Crippen LogP contribution in [0.1, 0.15) is 19.3 Å². The Bertz CT molecular complexity index is 1430. The van der Waals surface area contributed by atoms with Gasteiger partial charge in [0.25, 0.3) is 0 Å². The first kappa shape index (κ1) is 28.6. The van der Waals surface area contributed by atoms with Crippen molar-refractivity contribution >= 4 is 28.3 Å². The van der Waals surface area contributed by atoms with Crippen molar-refractivity contribution < 1.29 is 27.8 Å². The third-order valence-corrected chi connectivity index (χ3v) is 7.78. The molecule has 2 aromatic heterocycles. The molecule has 218 valence electrons. The third kappa shape index (κ3) is 5.80. The minimum atomic E-state index is -0.918. The number of carbonyl (C=O) groups excluding carboxylic acids is 1. The maximum Gasteiger partial charge on any atom is 0.179 e. The summed E-state index contributed by atoms with van der Waals surface area (Å²) in [5.41, 5.74) is -0.00391. The number of ether oxygens (including phenoxy) is 3. The Morgan fingerprint density at radius 1 is 1.20 bits per heavy atom. The number of aromatic nitrogens is 3. The molecule has 0 bridgehead atoms. The van der Waals surface area contributed by atoms with Crippen molar-refractivity contribution in [3.05, 3.63) is 42.6 Å². The van der Waals surface area contributed by atoms with Crippen LogP contribution in [0.3, 0.4) is 0 Å². The van der Waals surface area contributed by atoms with Gasteiger partial charge in [0.15, 0.2) is 34.7 Å². The molecule has 2 N–H and O–H groups in total. The molecule has 1 unspecified atom stereocenters. The first-order chi connectivity index (χ1) is 19.9. The van der Waals surface area contributed by atoms with Crippen LogP contribution in [-0.4, -0.2) is 80.4 Å². The molecule has 5 rings (SSSR count). The highest BCUT2D eigenvalue weighted by molar-refractivity contribution is 5.92. The minimum absolute atomic E-state index is 0.00379. The van der Waals surface area contributed by atoms with Crippen LogP contribution in [0.4, 0.5) is 20.4 Å². The Kier molecular flexibility index (Phi) is 8.60. The van der Waals surface area contributed by atoms with Crippen molar-refractivity contribution in [2.75, 3.05) is 57.8 Å². The molecule has 41 heavy (non-hydrogen) atoms. The predicted molar refractivity (Wildman–Crippen MR) is 152 cm³/mol. The van der Waals surface area contributed by atoms with Gasteiger partial charge in [0.1, 0.15) is 11.6 Å². The zero-order valence-corrected chi connectivity index (χ0v) is 23.4. The first-order valence-electron chi connectivity index (χ1n) is 13.6. The number of benzene rings is 1. The lowest BCUT2D eigenvalue weighted by Crippen LogP contribution is -2.30. The predicted octanol–water partition coefficient (Wildman–Crippen LogP) is 3.75. The monoisotopic (exact) mass is 568 g/mol. The van der Waals surface area contributed by atoms with E-state index in [1.54, 1.807) is 6.20 Å². The number of fused-ring (bicyclic) bond motifs is 1. The van der Waals surface area contributed by atoms with E-state index in [1.807, 2.05) is 13.1 Å². The van der Waals surface area contributed by atoms with Crippen LogP contribution in [0.2, 0.25) is 0 Å². The van der Waals surface area contributed by atoms with Gasteiger partial charge in [-0.2, -0.15) is 0 Å². The topological polar surface area (TPSA) is 111 Å². The van der Waals surface area contributed by atoms with Crippen molar-refractivity contribution in [3.63, 3.8) is 0 Å². The van der Waals surface area contributed by atoms with E-state index < -0.39 is 17.2 Å². The van der Waals surface area contributed by atoms with Crippen LogP contribution in [0.25, 0.3) is 22.3 Å². The molecule has 12 heteroatoms. The average Bonchev–Trinajstić information content (AvgIpc) is 3.65. The van der Waals surface area contributed by atoms with Crippen LogP contribution in [0, 0.1) is 17.6 Å². The zero-order chi connectivity index (χ0) is 29.1. The Hall–Kier alpha value is -3.90. The third-order valence-electron chi connectivity index (χ3n) is 7.78. The molecule has 3 aromatic rings. The molecule has 0 aliphatic carbocycles. The Labute approximate surface area is 237 Å². The molecule has 10 nitrogen and oxygen atoms in total. The van der Waals surface area contributed by atoms with Gasteiger partial charge in [0, 0.05) is 42.9 Å². The number of rotatable bonds is 11. The second kappa shape index (κ2) is 12.3. The summed E-state index contributed by atoms with van der Waals surface area (Å²) in [5.74, 6) is -1.05. The van der Waals surface area contributed by atoms with E-state index in [0.717, 1.165) is 12.5 Å². The summed E-state index contributed by atoms with van der Waals surface area (Å²) in [6, 6.07) is 3.21. The number of halogens is 2. The summed E-state index contributed by atoms with van der Waals surface area (Å²) >= 11 is 0. The van der Waals surface area contributed by atoms with Crippen molar-refractivity contribution in [1.82, 2.24) is 20.3 Å². The SMILES string of the molecule is C=CC(=O)CC[C@H]1COC[C@H]1Nc1cc2c(N3CCC(NC)C3)nc(-c3c(F)c(OC)cc(OC)c3F)nc2cn1. The van der Waals surface area contributed by atoms with Crippen molar-refractivity contribution in [2.45, 2.75) is 31.3 Å². The van der Waals surface area contributed by atoms with Gasteiger partial charge in [-0.05, 0) is 32.0 Å². The molecular weight excluding hydrogens is 534 g/mol. The number of carbonyl (C=O) groups is 1. The number of nitrogens with one attached hydrogen (secondary N) is 2. The molecule has 0 amide bonds. The summed E-state index contributed by atoms with van der Waals surface area (Å²) in [6.07, 6.45) is 4.87. The number of methoxy groups -OCH3 is 2. The van der Waals surface area contributed by atoms with Crippen LogP contribution in [-0.2, 0) is 9.53 Å². The highest BCUT2D eigenvalue weighted by Gasteiger charge is 2.31. The highest BCUT2D eigenvalue weighted by atomic mass is 19.1. The number of hydrogen-bond acceptors (Lipinski definition) is 10. The molecule has 0 spiro atoms. The number of hydrogen-bond donors (Lipinski definition) is 2.